The summed E-state index contributed by atoms with van der Waals surface area (Å²) in [6, 6.07) is 0. The first-order valence-electron chi connectivity index (χ1n) is 5.64. The number of hydrogen-bond donors (Lipinski definition) is 1. The monoisotopic (exact) mass is 218 g/mol. The molecule has 0 bridgehead atoms. The van der Waals surface area contributed by atoms with Gasteiger partial charge >= 0.3 is 5.97 Å². The average Bonchev–Trinajstić information content (AvgIpc) is 2.21. The zero-order chi connectivity index (χ0) is 11.5. The van der Waals surface area contributed by atoms with Crippen LogP contribution in [0.2, 0.25) is 0 Å². The van der Waals surface area contributed by atoms with Gasteiger partial charge in [-0.1, -0.05) is 26.7 Å². The minimum absolute atomic E-state index is 0.362. The molecule has 0 rings (SSSR count). The van der Waals surface area contributed by atoms with Gasteiger partial charge in [0.1, 0.15) is 0 Å². The van der Waals surface area contributed by atoms with E-state index in [9.17, 15) is 4.79 Å². The van der Waals surface area contributed by atoms with Gasteiger partial charge in [-0.2, -0.15) is 0 Å². The quantitative estimate of drug-likeness (QED) is 0.570. The molecule has 90 valence electrons. The molecule has 0 aliphatic rings. The summed E-state index contributed by atoms with van der Waals surface area (Å²) >= 11 is 0. The van der Waals surface area contributed by atoms with Gasteiger partial charge in [-0.05, 0) is 12.8 Å². The minimum Gasteiger partial charge on any atom is -0.479 e. The molecule has 0 saturated heterocycles. The van der Waals surface area contributed by atoms with Crippen LogP contribution < -0.4 is 0 Å². The van der Waals surface area contributed by atoms with E-state index < -0.39 is 12.1 Å². The van der Waals surface area contributed by atoms with Gasteiger partial charge in [0.25, 0.3) is 0 Å². The molecule has 1 atom stereocenters. The molecule has 4 nitrogen and oxygen atoms in total. The molecule has 0 fully saturated rings. The Morgan fingerprint density at radius 3 is 2.47 bits per heavy atom. The van der Waals surface area contributed by atoms with E-state index in [0.717, 1.165) is 19.3 Å². The first-order valence-corrected chi connectivity index (χ1v) is 5.64. The van der Waals surface area contributed by atoms with E-state index in [-0.39, 0.29) is 0 Å². The summed E-state index contributed by atoms with van der Waals surface area (Å²) in [7, 11) is 0. The van der Waals surface area contributed by atoms with E-state index in [2.05, 4.69) is 0 Å². The van der Waals surface area contributed by atoms with Crippen LogP contribution in [0, 0.1) is 0 Å². The van der Waals surface area contributed by atoms with Crippen molar-refractivity contribution in [3.05, 3.63) is 0 Å². The Morgan fingerprint density at radius 2 is 1.93 bits per heavy atom. The molecule has 0 aliphatic carbocycles. The fourth-order valence-electron chi connectivity index (χ4n) is 1.16. The standard InChI is InChI=1S/C11H22O4/c1-3-5-6-10(11(12)13)15-9-8-14-7-4-2/h10H,3-9H2,1-2H3,(H,12,13). The van der Waals surface area contributed by atoms with Crippen LogP contribution in [0.15, 0.2) is 0 Å². The lowest BCUT2D eigenvalue weighted by Crippen LogP contribution is -2.25. The molecule has 0 spiro atoms. The highest BCUT2D eigenvalue weighted by molar-refractivity contribution is 5.72. The van der Waals surface area contributed by atoms with Crippen LogP contribution in [-0.2, 0) is 14.3 Å². The van der Waals surface area contributed by atoms with Crippen LogP contribution in [0.25, 0.3) is 0 Å². The third-order valence-electron chi connectivity index (χ3n) is 1.99. The number of carboxylic acid groups (broad SMARTS) is 1. The van der Waals surface area contributed by atoms with E-state index in [1.54, 1.807) is 0 Å². The lowest BCUT2D eigenvalue weighted by molar-refractivity contribution is -0.151. The number of unbranched alkanes of at least 4 members (excludes halogenated alkanes) is 1. The van der Waals surface area contributed by atoms with Crippen molar-refractivity contribution in [1.82, 2.24) is 0 Å². The molecule has 0 aromatic heterocycles. The van der Waals surface area contributed by atoms with Crippen LogP contribution in [0.4, 0.5) is 0 Å². The van der Waals surface area contributed by atoms with E-state index >= 15 is 0 Å². The Bertz CT molecular complexity index is 159. The van der Waals surface area contributed by atoms with Gasteiger partial charge in [-0.3, -0.25) is 0 Å². The largest absolute Gasteiger partial charge is 0.479 e. The molecule has 1 N–H and O–H groups in total. The number of rotatable bonds is 10. The molecule has 0 heterocycles. The molecule has 4 heteroatoms. The topological polar surface area (TPSA) is 55.8 Å². The second-order valence-corrected chi connectivity index (χ2v) is 3.45. The summed E-state index contributed by atoms with van der Waals surface area (Å²) in [6.07, 6.45) is 2.75. The maximum atomic E-state index is 10.8. The van der Waals surface area contributed by atoms with E-state index in [1.165, 1.54) is 0 Å². The maximum absolute atomic E-state index is 10.8. The second kappa shape index (κ2) is 9.93. The second-order valence-electron chi connectivity index (χ2n) is 3.45. The van der Waals surface area contributed by atoms with Gasteiger partial charge in [0.05, 0.1) is 13.2 Å². The van der Waals surface area contributed by atoms with Gasteiger partial charge in [-0.25, -0.2) is 4.79 Å². The highest BCUT2D eigenvalue weighted by Crippen LogP contribution is 2.05. The summed E-state index contributed by atoms with van der Waals surface area (Å²) in [5, 5.41) is 8.84. The lowest BCUT2D eigenvalue weighted by Gasteiger charge is -2.13. The first kappa shape index (κ1) is 14.4. The van der Waals surface area contributed by atoms with Crippen molar-refractivity contribution < 1.29 is 19.4 Å². The highest BCUT2D eigenvalue weighted by Gasteiger charge is 2.16. The average molecular weight is 218 g/mol. The van der Waals surface area contributed by atoms with Gasteiger partial charge in [0, 0.05) is 6.61 Å². The molecule has 1 unspecified atom stereocenters. The molecule has 15 heavy (non-hydrogen) atoms. The third-order valence-corrected chi connectivity index (χ3v) is 1.99. The number of hydrogen-bond acceptors (Lipinski definition) is 3. The van der Waals surface area contributed by atoms with Crippen molar-refractivity contribution in [2.75, 3.05) is 19.8 Å². The number of aliphatic carboxylic acids is 1. The highest BCUT2D eigenvalue weighted by atomic mass is 16.5. The zero-order valence-electron chi connectivity index (χ0n) is 9.70. The summed E-state index contributed by atoms with van der Waals surface area (Å²) in [5.74, 6) is -0.876. The lowest BCUT2D eigenvalue weighted by atomic mass is 10.1. The molecule has 0 radical (unpaired) electrons. The van der Waals surface area contributed by atoms with E-state index in [1.807, 2.05) is 13.8 Å². The SMILES string of the molecule is CCCCC(OCCOCCC)C(=O)O. The molecule has 0 aliphatic heterocycles. The van der Waals surface area contributed by atoms with Crippen molar-refractivity contribution in [3.8, 4) is 0 Å². The predicted octanol–water partition coefficient (Wildman–Crippen LogP) is 2.07. The Kier molecular flexibility index (Phi) is 9.52. The van der Waals surface area contributed by atoms with E-state index in [4.69, 9.17) is 14.6 Å². The van der Waals surface area contributed by atoms with Crippen molar-refractivity contribution in [3.63, 3.8) is 0 Å². The molecule has 0 saturated carbocycles. The maximum Gasteiger partial charge on any atom is 0.332 e. The van der Waals surface area contributed by atoms with Crippen LogP contribution >= 0.6 is 0 Å². The minimum atomic E-state index is -0.876. The van der Waals surface area contributed by atoms with Crippen LogP contribution in [0.5, 0.6) is 0 Å². The number of carboxylic acids is 1. The Morgan fingerprint density at radius 1 is 1.20 bits per heavy atom. The number of ether oxygens (including phenoxy) is 2. The van der Waals surface area contributed by atoms with Gasteiger partial charge in [0.15, 0.2) is 6.10 Å². The van der Waals surface area contributed by atoms with Crippen LogP contribution in [-0.4, -0.2) is 37.0 Å². The fourth-order valence-corrected chi connectivity index (χ4v) is 1.16. The van der Waals surface area contributed by atoms with Crippen molar-refractivity contribution in [1.29, 1.82) is 0 Å². The van der Waals surface area contributed by atoms with Crippen molar-refractivity contribution >= 4 is 5.97 Å². The van der Waals surface area contributed by atoms with Crippen LogP contribution in [0.1, 0.15) is 39.5 Å². The molecule has 0 aromatic carbocycles. The van der Waals surface area contributed by atoms with Gasteiger partial charge < -0.3 is 14.6 Å². The molecule has 0 amide bonds. The summed E-state index contributed by atoms with van der Waals surface area (Å²) in [6.45, 7) is 5.60. The summed E-state index contributed by atoms with van der Waals surface area (Å²) in [4.78, 5) is 10.8. The summed E-state index contributed by atoms with van der Waals surface area (Å²) < 4.78 is 10.4. The number of carbonyl (C=O) groups is 1. The van der Waals surface area contributed by atoms with Crippen molar-refractivity contribution in [2.45, 2.75) is 45.6 Å². The van der Waals surface area contributed by atoms with E-state index in [0.29, 0.717) is 26.2 Å². The molecular weight excluding hydrogens is 196 g/mol. The molecular formula is C11H22O4. The Hall–Kier alpha value is -0.610. The predicted molar refractivity (Wildman–Crippen MR) is 58.0 cm³/mol. The smallest absolute Gasteiger partial charge is 0.332 e. The summed E-state index contributed by atoms with van der Waals surface area (Å²) in [5.41, 5.74) is 0. The Labute approximate surface area is 91.6 Å². The molecule has 0 aromatic rings. The Balaban J connectivity index is 3.53. The van der Waals surface area contributed by atoms with Crippen LogP contribution in [0.3, 0.4) is 0 Å². The van der Waals surface area contributed by atoms with Gasteiger partial charge in [-0.15, -0.1) is 0 Å². The van der Waals surface area contributed by atoms with Crippen molar-refractivity contribution in [2.24, 2.45) is 0 Å². The zero-order valence-corrected chi connectivity index (χ0v) is 9.70. The fraction of sp³-hybridized carbons (Fsp3) is 0.909. The normalized spacial score (nSPS) is 12.7. The third kappa shape index (κ3) is 8.39. The van der Waals surface area contributed by atoms with Gasteiger partial charge in [0.2, 0.25) is 0 Å². The first-order chi connectivity index (χ1) is 7.22.